The molecule has 0 aliphatic carbocycles. The van der Waals surface area contributed by atoms with Crippen molar-refractivity contribution >= 4 is 16.0 Å². The summed E-state index contributed by atoms with van der Waals surface area (Å²) < 4.78 is 32.5. The molecule has 1 rings (SSSR count). The molecule has 0 unspecified atom stereocenters. The molecule has 0 heterocycles. The second-order valence-electron chi connectivity index (χ2n) is 7.02. The lowest BCUT2D eigenvalue weighted by molar-refractivity contribution is -0.142. The molecule has 0 N–H and O–H groups in total. The van der Waals surface area contributed by atoms with Crippen LogP contribution in [0.3, 0.4) is 0 Å². The van der Waals surface area contributed by atoms with Gasteiger partial charge in [0.25, 0.3) is 0 Å². The smallest absolute Gasteiger partial charge is 0.321 e. The van der Waals surface area contributed by atoms with Crippen LogP contribution in [0.4, 0.5) is 0 Å². The van der Waals surface area contributed by atoms with Gasteiger partial charge in [-0.3, -0.25) is 4.79 Å². The Morgan fingerprint density at radius 3 is 2.37 bits per heavy atom. The van der Waals surface area contributed by atoms with Gasteiger partial charge in [-0.1, -0.05) is 48.6 Å². The maximum Gasteiger partial charge on any atom is 0.321 e. The van der Waals surface area contributed by atoms with Crippen molar-refractivity contribution in [2.75, 3.05) is 19.7 Å². The molecule has 0 saturated carbocycles. The van der Waals surface area contributed by atoms with Crippen molar-refractivity contribution in [2.45, 2.75) is 43.9 Å². The number of carbonyl (C=O) groups excluding carboxylic acids is 1. The largest absolute Gasteiger partial charge is 0.460 e. The minimum absolute atomic E-state index is 0.0261. The molecule has 0 amide bonds. The number of ether oxygens (including phenoxy) is 1. The molecular formula is C24H33NO4S. The van der Waals surface area contributed by atoms with Gasteiger partial charge in [-0.15, -0.1) is 13.2 Å². The molecule has 0 aromatic heterocycles. The van der Waals surface area contributed by atoms with E-state index in [1.165, 1.54) is 4.31 Å². The van der Waals surface area contributed by atoms with Crippen LogP contribution in [0.2, 0.25) is 0 Å². The zero-order valence-electron chi connectivity index (χ0n) is 17.9. The van der Waals surface area contributed by atoms with Gasteiger partial charge >= 0.3 is 5.97 Å². The van der Waals surface area contributed by atoms with E-state index in [-0.39, 0.29) is 24.6 Å². The fourth-order valence-corrected chi connectivity index (χ4v) is 4.02. The summed E-state index contributed by atoms with van der Waals surface area (Å²) in [6, 6.07) is 6.60. The zero-order valence-corrected chi connectivity index (χ0v) is 18.7. The Morgan fingerprint density at radius 2 is 1.73 bits per heavy atom. The molecule has 0 fully saturated rings. The standard InChI is InChI=1S/C24H33NO4S/c1-5-7-9-11-13-22(4)20-29-24(26)19-25(18-12-10-8-6-2)30(27,28)23-16-14-21(3)15-17-23/h5-6,11,13-17H,1-2,4,7-10,12,18-20H2,3H3/b13-11+. The fourth-order valence-electron chi connectivity index (χ4n) is 2.60. The van der Waals surface area contributed by atoms with Crippen LogP contribution >= 0.6 is 0 Å². The summed E-state index contributed by atoms with van der Waals surface area (Å²) >= 11 is 0. The average Bonchev–Trinajstić information content (AvgIpc) is 2.72. The predicted molar refractivity (Wildman–Crippen MR) is 123 cm³/mol. The third kappa shape index (κ3) is 9.37. The van der Waals surface area contributed by atoms with E-state index in [1.54, 1.807) is 36.4 Å². The number of sulfonamides is 1. The SMILES string of the molecule is C=CCC/C=C/C(=C)COC(=O)CN(CCCCC=C)S(=O)(=O)c1ccc(C)cc1. The molecule has 30 heavy (non-hydrogen) atoms. The van der Waals surface area contributed by atoms with Gasteiger partial charge in [0.05, 0.1) is 4.90 Å². The van der Waals surface area contributed by atoms with Crippen LogP contribution in [0, 0.1) is 6.92 Å². The number of aryl methyl sites for hydroxylation is 1. The van der Waals surface area contributed by atoms with Crippen molar-refractivity contribution in [2.24, 2.45) is 0 Å². The molecule has 5 nitrogen and oxygen atoms in total. The van der Waals surface area contributed by atoms with Crippen LogP contribution in [0.1, 0.15) is 37.7 Å². The van der Waals surface area contributed by atoms with Crippen molar-refractivity contribution in [3.8, 4) is 0 Å². The molecule has 1 aromatic rings. The summed E-state index contributed by atoms with van der Waals surface area (Å²) in [7, 11) is -3.80. The van der Waals surface area contributed by atoms with Crippen molar-refractivity contribution in [3.63, 3.8) is 0 Å². The number of rotatable bonds is 15. The first-order chi connectivity index (χ1) is 14.3. The minimum atomic E-state index is -3.80. The Morgan fingerprint density at radius 1 is 1.07 bits per heavy atom. The van der Waals surface area contributed by atoms with E-state index in [1.807, 2.05) is 19.1 Å². The average molecular weight is 432 g/mol. The Balaban J connectivity index is 2.77. The normalized spacial score (nSPS) is 11.5. The first kappa shape index (κ1) is 25.6. The molecule has 0 saturated heterocycles. The molecule has 0 aliphatic heterocycles. The van der Waals surface area contributed by atoms with Gasteiger partial charge in [0.1, 0.15) is 13.2 Å². The highest BCUT2D eigenvalue weighted by molar-refractivity contribution is 7.89. The number of carbonyl (C=O) groups is 1. The van der Waals surface area contributed by atoms with E-state index in [0.29, 0.717) is 12.0 Å². The second-order valence-corrected chi connectivity index (χ2v) is 8.96. The second kappa shape index (κ2) is 13.7. The summed E-state index contributed by atoms with van der Waals surface area (Å²) in [5, 5.41) is 0. The van der Waals surface area contributed by atoms with E-state index in [0.717, 1.165) is 31.2 Å². The number of hydrogen-bond acceptors (Lipinski definition) is 4. The molecule has 0 aliphatic rings. The van der Waals surface area contributed by atoms with E-state index >= 15 is 0 Å². The summed E-state index contributed by atoms with van der Waals surface area (Å²) in [5.74, 6) is -0.602. The highest BCUT2D eigenvalue weighted by Crippen LogP contribution is 2.17. The third-order valence-corrected chi connectivity index (χ3v) is 6.20. The highest BCUT2D eigenvalue weighted by atomic mass is 32.2. The predicted octanol–water partition coefficient (Wildman–Crippen LogP) is 4.96. The lowest BCUT2D eigenvalue weighted by Crippen LogP contribution is -2.37. The van der Waals surface area contributed by atoms with Crippen LogP contribution < -0.4 is 0 Å². The lowest BCUT2D eigenvalue weighted by atomic mass is 10.2. The van der Waals surface area contributed by atoms with Crippen LogP contribution in [0.15, 0.2) is 78.8 Å². The van der Waals surface area contributed by atoms with Crippen molar-refractivity contribution in [1.29, 1.82) is 0 Å². The van der Waals surface area contributed by atoms with Gasteiger partial charge in [-0.2, -0.15) is 4.31 Å². The van der Waals surface area contributed by atoms with Crippen LogP contribution in [-0.2, 0) is 19.6 Å². The fraction of sp³-hybridized carbons (Fsp3) is 0.375. The van der Waals surface area contributed by atoms with Gasteiger partial charge in [0.15, 0.2) is 0 Å². The van der Waals surface area contributed by atoms with E-state index in [9.17, 15) is 13.2 Å². The Bertz CT molecular complexity index is 838. The van der Waals surface area contributed by atoms with Crippen molar-refractivity contribution in [1.82, 2.24) is 4.31 Å². The quantitative estimate of drug-likeness (QED) is 0.170. The minimum Gasteiger partial charge on any atom is -0.460 e. The lowest BCUT2D eigenvalue weighted by Gasteiger charge is -2.21. The van der Waals surface area contributed by atoms with Crippen LogP contribution in [0.25, 0.3) is 0 Å². The summed E-state index contributed by atoms with van der Waals surface area (Å²) in [5.41, 5.74) is 1.61. The van der Waals surface area contributed by atoms with Gasteiger partial charge < -0.3 is 4.74 Å². The molecule has 164 valence electrons. The number of esters is 1. The van der Waals surface area contributed by atoms with Crippen molar-refractivity contribution in [3.05, 3.63) is 79.4 Å². The Hall–Kier alpha value is -2.44. The monoisotopic (exact) mass is 431 g/mol. The first-order valence-electron chi connectivity index (χ1n) is 10.1. The summed E-state index contributed by atoms with van der Waals surface area (Å²) in [4.78, 5) is 12.5. The maximum atomic E-state index is 13.0. The van der Waals surface area contributed by atoms with Crippen molar-refractivity contribution < 1.29 is 17.9 Å². The van der Waals surface area contributed by atoms with E-state index in [2.05, 4.69) is 19.7 Å². The molecular weight excluding hydrogens is 398 g/mol. The van der Waals surface area contributed by atoms with Gasteiger partial charge in [-0.05, 0) is 56.7 Å². The molecule has 0 atom stereocenters. The molecule has 0 bridgehead atoms. The number of unbranched alkanes of at least 4 members (excludes halogenated alkanes) is 3. The van der Waals surface area contributed by atoms with Crippen LogP contribution in [0.5, 0.6) is 0 Å². The zero-order chi connectivity index (χ0) is 22.4. The number of allylic oxidation sites excluding steroid dienone is 3. The summed E-state index contributed by atoms with van der Waals surface area (Å²) in [6.07, 6.45) is 11.3. The molecule has 0 spiro atoms. The maximum absolute atomic E-state index is 13.0. The number of benzene rings is 1. The number of hydrogen-bond donors (Lipinski definition) is 0. The van der Waals surface area contributed by atoms with Gasteiger partial charge in [-0.25, -0.2) is 8.42 Å². The Labute approximate surface area is 181 Å². The topological polar surface area (TPSA) is 63.7 Å². The first-order valence-corrected chi connectivity index (χ1v) is 11.5. The summed E-state index contributed by atoms with van der Waals surface area (Å²) in [6.45, 7) is 13.0. The van der Waals surface area contributed by atoms with E-state index < -0.39 is 16.0 Å². The van der Waals surface area contributed by atoms with Crippen LogP contribution in [-0.4, -0.2) is 38.4 Å². The Kier molecular flexibility index (Phi) is 11.7. The highest BCUT2D eigenvalue weighted by Gasteiger charge is 2.26. The molecule has 1 aromatic carbocycles. The van der Waals surface area contributed by atoms with Gasteiger partial charge in [0.2, 0.25) is 10.0 Å². The van der Waals surface area contributed by atoms with Gasteiger partial charge in [0, 0.05) is 6.54 Å². The van der Waals surface area contributed by atoms with E-state index in [4.69, 9.17) is 4.74 Å². The number of nitrogens with zero attached hydrogens (tertiary/aromatic N) is 1. The third-order valence-electron chi connectivity index (χ3n) is 4.34. The molecule has 0 radical (unpaired) electrons. The molecule has 6 heteroatoms.